The number of nitrogens with zero attached hydrogens (tertiary/aromatic N) is 1. The number of rotatable bonds is 3. The Balaban J connectivity index is 2.03. The molecule has 116 valence electrons. The van der Waals surface area contributed by atoms with Gasteiger partial charge in [0.2, 0.25) is 5.91 Å². The molecule has 1 aromatic heterocycles. The molecule has 0 fully saturated rings. The molecule has 1 heterocycles. The second-order valence-electron chi connectivity index (χ2n) is 5.66. The highest BCUT2D eigenvalue weighted by molar-refractivity contribution is 5.92. The summed E-state index contributed by atoms with van der Waals surface area (Å²) in [4.78, 5) is 31.4. The molecular weight excluding hydrogens is 290 g/mol. The topological polar surface area (TPSA) is 74.8 Å². The summed E-state index contributed by atoms with van der Waals surface area (Å²) in [5.74, 6) is -0.177. The number of fused-ring (bicyclic) bond motifs is 1. The lowest BCUT2D eigenvalue weighted by Crippen LogP contribution is -2.18. The molecule has 0 saturated heterocycles. The van der Waals surface area contributed by atoms with Gasteiger partial charge in [-0.25, -0.2) is 4.98 Å². The van der Waals surface area contributed by atoms with Crippen molar-refractivity contribution in [3.8, 4) is 11.3 Å². The first-order valence-corrected chi connectivity index (χ1v) is 7.45. The maximum Gasteiger partial charge on any atom is 0.274 e. The number of H-pyrrole nitrogens is 1. The molecule has 0 bridgehead atoms. The number of carbonyl (C=O) groups excluding carboxylic acids is 1. The first-order chi connectivity index (χ1) is 11.0. The lowest BCUT2D eigenvalue weighted by molar-refractivity contribution is -0.118. The average Bonchev–Trinajstić information content (AvgIpc) is 2.54. The SMILES string of the molecule is CC(C)C(=O)Nc1cccc(-c2nc3ccccc3[nH]c2=O)c1. The van der Waals surface area contributed by atoms with E-state index in [-0.39, 0.29) is 17.4 Å². The summed E-state index contributed by atoms with van der Waals surface area (Å²) in [6.07, 6.45) is 0. The molecule has 0 saturated carbocycles. The molecule has 23 heavy (non-hydrogen) atoms. The monoisotopic (exact) mass is 307 g/mol. The van der Waals surface area contributed by atoms with Crippen LogP contribution >= 0.6 is 0 Å². The number of aromatic nitrogens is 2. The minimum Gasteiger partial charge on any atom is -0.326 e. The molecule has 0 aliphatic carbocycles. The number of nitrogens with one attached hydrogen (secondary N) is 2. The highest BCUT2D eigenvalue weighted by atomic mass is 16.1. The van der Waals surface area contributed by atoms with Gasteiger partial charge in [0, 0.05) is 17.2 Å². The van der Waals surface area contributed by atoms with Gasteiger partial charge in [0.15, 0.2) is 0 Å². The molecule has 3 aromatic rings. The van der Waals surface area contributed by atoms with Gasteiger partial charge < -0.3 is 10.3 Å². The maximum atomic E-state index is 12.3. The Hall–Kier alpha value is -2.95. The van der Waals surface area contributed by atoms with E-state index in [2.05, 4.69) is 15.3 Å². The van der Waals surface area contributed by atoms with Gasteiger partial charge in [-0.15, -0.1) is 0 Å². The van der Waals surface area contributed by atoms with E-state index < -0.39 is 0 Å². The molecule has 0 unspecified atom stereocenters. The van der Waals surface area contributed by atoms with Gasteiger partial charge in [-0.1, -0.05) is 38.1 Å². The van der Waals surface area contributed by atoms with E-state index in [9.17, 15) is 9.59 Å². The van der Waals surface area contributed by atoms with Crippen LogP contribution in [0.15, 0.2) is 53.3 Å². The summed E-state index contributed by atoms with van der Waals surface area (Å²) in [5.41, 5.74) is 2.82. The predicted octanol–water partition coefficient (Wildman–Crippen LogP) is 3.18. The van der Waals surface area contributed by atoms with Crippen molar-refractivity contribution in [2.75, 3.05) is 5.32 Å². The molecule has 0 aliphatic heterocycles. The van der Waals surface area contributed by atoms with Crippen molar-refractivity contribution < 1.29 is 4.79 Å². The van der Waals surface area contributed by atoms with E-state index in [4.69, 9.17) is 0 Å². The van der Waals surface area contributed by atoms with E-state index in [1.807, 2.05) is 38.1 Å². The molecule has 0 radical (unpaired) electrons. The third kappa shape index (κ3) is 3.13. The van der Waals surface area contributed by atoms with Crippen molar-refractivity contribution in [1.29, 1.82) is 0 Å². The van der Waals surface area contributed by atoms with Crippen LogP contribution < -0.4 is 10.9 Å². The number of benzene rings is 2. The van der Waals surface area contributed by atoms with Gasteiger partial charge in [0.25, 0.3) is 5.56 Å². The Morgan fingerprint density at radius 1 is 1.13 bits per heavy atom. The lowest BCUT2D eigenvalue weighted by Gasteiger charge is -2.09. The quantitative estimate of drug-likeness (QED) is 0.780. The van der Waals surface area contributed by atoms with Crippen LogP contribution in [0.3, 0.4) is 0 Å². The average molecular weight is 307 g/mol. The largest absolute Gasteiger partial charge is 0.326 e. The van der Waals surface area contributed by atoms with Gasteiger partial charge in [-0.2, -0.15) is 0 Å². The third-order valence-corrected chi connectivity index (χ3v) is 3.53. The number of hydrogen-bond acceptors (Lipinski definition) is 3. The van der Waals surface area contributed by atoms with Crippen LogP contribution in [0.5, 0.6) is 0 Å². The number of hydrogen-bond donors (Lipinski definition) is 2. The fraction of sp³-hybridized carbons (Fsp3) is 0.167. The minimum atomic E-state index is -0.254. The van der Waals surface area contributed by atoms with Crippen molar-refractivity contribution >= 4 is 22.6 Å². The van der Waals surface area contributed by atoms with Gasteiger partial charge in [0.05, 0.1) is 11.0 Å². The van der Waals surface area contributed by atoms with Gasteiger partial charge in [-0.3, -0.25) is 9.59 Å². The zero-order chi connectivity index (χ0) is 16.4. The Kier molecular flexibility index (Phi) is 3.93. The molecule has 2 N–H and O–H groups in total. The van der Waals surface area contributed by atoms with Gasteiger partial charge in [0.1, 0.15) is 5.69 Å². The van der Waals surface area contributed by atoms with Gasteiger partial charge in [-0.05, 0) is 24.3 Å². The van der Waals surface area contributed by atoms with E-state index in [0.717, 1.165) is 5.52 Å². The molecule has 3 rings (SSSR count). The predicted molar refractivity (Wildman–Crippen MR) is 91.3 cm³/mol. The smallest absolute Gasteiger partial charge is 0.274 e. The number of para-hydroxylation sites is 2. The summed E-state index contributed by atoms with van der Waals surface area (Å²) in [5, 5.41) is 2.83. The lowest BCUT2D eigenvalue weighted by atomic mass is 10.1. The first kappa shape index (κ1) is 15.0. The summed E-state index contributed by atoms with van der Waals surface area (Å²) in [7, 11) is 0. The minimum absolute atomic E-state index is 0.0671. The fourth-order valence-electron chi connectivity index (χ4n) is 2.26. The molecular formula is C18H17N3O2. The van der Waals surface area contributed by atoms with Crippen molar-refractivity contribution in [1.82, 2.24) is 9.97 Å². The molecule has 2 aromatic carbocycles. The van der Waals surface area contributed by atoms with Crippen LogP contribution in [0, 0.1) is 5.92 Å². The van der Waals surface area contributed by atoms with Crippen LogP contribution in [0.2, 0.25) is 0 Å². The van der Waals surface area contributed by atoms with E-state index in [1.54, 1.807) is 24.3 Å². The van der Waals surface area contributed by atoms with Crippen molar-refractivity contribution in [2.24, 2.45) is 5.92 Å². The van der Waals surface area contributed by atoms with Crippen LogP contribution in [-0.2, 0) is 4.79 Å². The van der Waals surface area contributed by atoms with Gasteiger partial charge >= 0.3 is 0 Å². The zero-order valence-corrected chi connectivity index (χ0v) is 13.0. The Morgan fingerprint density at radius 3 is 2.70 bits per heavy atom. The van der Waals surface area contributed by atoms with Crippen LogP contribution in [-0.4, -0.2) is 15.9 Å². The normalized spacial score (nSPS) is 10.9. The third-order valence-electron chi connectivity index (χ3n) is 3.53. The summed E-state index contributed by atoms with van der Waals surface area (Å²) in [6.45, 7) is 3.66. The highest BCUT2D eigenvalue weighted by Gasteiger charge is 2.10. The zero-order valence-electron chi connectivity index (χ0n) is 13.0. The van der Waals surface area contributed by atoms with E-state index >= 15 is 0 Å². The van der Waals surface area contributed by atoms with E-state index in [1.165, 1.54) is 0 Å². The number of anilines is 1. The molecule has 0 spiro atoms. The van der Waals surface area contributed by atoms with Crippen molar-refractivity contribution in [3.05, 3.63) is 58.9 Å². The molecule has 5 heteroatoms. The number of carbonyl (C=O) groups is 1. The van der Waals surface area contributed by atoms with Crippen molar-refractivity contribution in [3.63, 3.8) is 0 Å². The second-order valence-corrected chi connectivity index (χ2v) is 5.66. The van der Waals surface area contributed by atoms with Crippen LogP contribution in [0.25, 0.3) is 22.3 Å². The standard InChI is InChI=1S/C18H17N3O2/c1-11(2)17(22)19-13-7-5-6-12(10-13)16-18(23)21-15-9-4-3-8-14(15)20-16/h3-11H,1-2H3,(H,19,22)(H,21,23). The van der Waals surface area contributed by atoms with Crippen molar-refractivity contribution in [2.45, 2.75) is 13.8 Å². The fourth-order valence-corrected chi connectivity index (χ4v) is 2.26. The maximum absolute atomic E-state index is 12.3. The first-order valence-electron chi connectivity index (χ1n) is 7.45. The molecule has 0 aliphatic rings. The summed E-state index contributed by atoms with van der Waals surface area (Å²) in [6, 6.07) is 14.5. The van der Waals surface area contributed by atoms with E-state index in [0.29, 0.717) is 22.5 Å². The Morgan fingerprint density at radius 2 is 1.91 bits per heavy atom. The Bertz CT molecular complexity index is 929. The molecule has 1 amide bonds. The Labute approximate surface area is 133 Å². The van der Waals surface area contributed by atoms with Crippen LogP contribution in [0.1, 0.15) is 13.8 Å². The number of amides is 1. The molecule has 5 nitrogen and oxygen atoms in total. The highest BCUT2D eigenvalue weighted by Crippen LogP contribution is 2.20. The summed E-state index contributed by atoms with van der Waals surface area (Å²) >= 11 is 0. The number of aromatic amines is 1. The second kappa shape index (κ2) is 6.04. The molecule has 0 atom stereocenters. The summed E-state index contributed by atoms with van der Waals surface area (Å²) < 4.78 is 0. The van der Waals surface area contributed by atoms with Crippen LogP contribution in [0.4, 0.5) is 5.69 Å².